The summed E-state index contributed by atoms with van der Waals surface area (Å²) in [6.45, 7) is 0. The van der Waals surface area contributed by atoms with Gasteiger partial charge in [-0.2, -0.15) is 0 Å². The van der Waals surface area contributed by atoms with Gasteiger partial charge in [-0.1, -0.05) is 29.8 Å². The highest BCUT2D eigenvalue weighted by Crippen LogP contribution is 2.21. The van der Waals surface area contributed by atoms with Gasteiger partial charge in [0.25, 0.3) is 0 Å². The van der Waals surface area contributed by atoms with Crippen molar-refractivity contribution in [3.63, 3.8) is 0 Å². The molecule has 2 aromatic rings. The predicted octanol–water partition coefficient (Wildman–Crippen LogP) is 4.17. The van der Waals surface area contributed by atoms with E-state index in [9.17, 15) is 9.50 Å². The van der Waals surface area contributed by atoms with Crippen LogP contribution in [0.1, 0.15) is 5.56 Å². The molecular formula is C15H14ClFOS. The molecule has 1 nitrogen and oxygen atoms in total. The minimum atomic E-state index is -0.463. The van der Waals surface area contributed by atoms with Crippen LogP contribution in [0.2, 0.25) is 5.02 Å². The first-order valence-electron chi connectivity index (χ1n) is 5.94. The summed E-state index contributed by atoms with van der Waals surface area (Å²) in [7, 11) is 0. The fraction of sp³-hybridized carbons (Fsp3) is 0.200. The van der Waals surface area contributed by atoms with Gasteiger partial charge in [0, 0.05) is 15.7 Å². The quantitative estimate of drug-likeness (QED) is 0.836. The molecule has 0 amide bonds. The molecule has 1 N–H and O–H groups in total. The maximum absolute atomic E-state index is 13.0. The Labute approximate surface area is 121 Å². The fourth-order valence-corrected chi connectivity index (χ4v) is 2.70. The van der Waals surface area contributed by atoms with Crippen LogP contribution in [-0.2, 0) is 6.42 Å². The molecule has 1 unspecified atom stereocenters. The molecule has 2 rings (SSSR count). The lowest BCUT2D eigenvalue weighted by Crippen LogP contribution is -2.13. The molecule has 0 aromatic heterocycles. The number of rotatable bonds is 5. The van der Waals surface area contributed by atoms with Gasteiger partial charge in [-0.25, -0.2) is 4.39 Å². The zero-order valence-corrected chi connectivity index (χ0v) is 11.8. The minimum absolute atomic E-state index is 0.253. The Balaban J connectivity index is 1.84. The van der Waals surface area contributed by atoms with Crippen molar-refractivity contribution < 1.29 is 9.50 Å². The monoisotopic (exact) mass is 296 g/mol. The third-order valence-electron chi connectivity index (χ3n) is 2.62. The van der Waals surface area contributed by atoms with E-state index in [1.165, 1.54) is 23.9 Å². The maximum Gasteiger partial charge on any atom is 0.124 e. The summed E-state index contributed by atoms with van der Waals surface area (Å²) in [5.74, 6) is 0.281. The van der Waals surface area contributed by atoms with E-state index >= 15 is 0 Å². The Morgan fingerprint density at radius 2 is 1.89 bits per heavy atom. The summed E-state index contributed by atoms with van der Waals surface area (Å²) >= 11 is 7.25. The fourth-order valence-electron chi connectivity index (χ4n) is 1.70. The molecule has 0 aliphatic heterocycles. The predicted molar refractivity (Wildman–Crippen MR) is 78.3 cm³/mol. The Morgan fingerprint density at radius 1 is 1.16 bits per heavy atom. The van der Waals surface area contributed by atoms with Crippen molar-refractivity contribution in [2.45, 2.75) is 17.4 Å². The van der Waals surface area contributed by atoms with Crippen LogP contribution in [0, 0.1) is 5.82 Å². The Kier molecular flexibility index (Phi) is 5.25. The molecule has 0 aliphatic rings. The molecule has 0 saturated heterocycles. The van der Waals surface area contributed by atoms with Gasteiger partial charge in [-0.05, 0) is 42.3 Å². The van der Waals surface area contributed by atoms with Crippen LogP contribution in [0.15, 0.2) is 53.4 Å². The standard InChI is InChI=1S/C15H14ClFOS/c16-12-6-4-11(5-7-12)8-14(18)10-19-15-3-1-2-13(17)9-15/h1-7,9,14,18H,8,10H2. The summed E-state index contributed by atoms with van der Waals surface area (Å²) in [5.41, 5.74) is 1.04. The number of thioether (sulfide) groups is 1. The maximum atomic E-state index is 13.0. The third-order valence-corrected chi connectivity index (χ3v) is 4.01. The van der Waals surface area contributed by atoms with E-state index in [2.05, 4.69) is 0 Å². The molecule has 100 valence electrons. The number of hydrogen-bond donors (Lipinski definition) is 1. The molecule has 0 aliphatic carbocycles. The molecular weight excluding hydrogens is 283 g/mol. The molecule has 0 saturated carbocycles. The van der Waals surface area contributed by atoms with Gasteiger partial charge in [-0.3, -0.25) is 0 Å². The van der Waals surface area contributed by atoms with Crippen LogP contribution < -0.4 is 0 Å². The largest absolute Gasteiger partial charge is 0.392 e. The van der Waals surface area contributed by atoms with Crippen LogP contribution in [0.4, 0.5) is 4.39 Å². The summed E-state index contributed by atoms with van der Waals surface area (Å²) in [4.78, 5) is 0.829. The van der Waals surface area contributed by atoms with Crippen LogP contribution >= 0.6 is 23.4 Å². The first kappa shape index (κ1) is 14.4. The van der Waals surface area contributed by atoms with E-state index in [4.69, 9.17) is 11.6 Å². The molecule has 1 atom stereocenters. The van der Waals surface area contributed by atoms with E-state index in [-0.39, 0.29) is 5.82 Å². The SMILES string of the molecule is OC(CSc1cccc(F)c1)Cc1ccc(Cl)cc1. The number of hydrogen-bond acceptors (Lipinski definition) is 2. The molecule has 4 heteroatoms. The van der Waals surface area contributed by atoms with E-state index < -0.39 is 6.10 Å². The second kappa shape index (κ2) is 6.94. The molecule has 0 fully saturated rings. The van der Waals surface area contributed by atoms with Gasteiger partial charge >= 0.3 is 0 Å². The van der Waals surface area contributed by atoms with Crippen LogP contribution in [0.3, 0.4) is 0 Å². The zero-order chi connectivity index (χ0) is 13.7. The molecule has 0 bridgehead atoms. The van der Waals surface area contributed by atoms with Crippen molar-refractivity contribution in [2.75, 3.05) is 5.75 Å². The zero-order valence-electron chi connectivity index (χ0n) is 10.2. The number of aliphatic hydroxyl groups excluding tert-OH is 1. The highest BCUT2D eigenvalue weighted by molar-refractivity contribution is 7.99. The average molecular weight is 297 g/mol. The second-order valence-corrected chi connectivity index (χ2v) is 5.78. The van der Waals surface area contributed by atoms with Crippen molar-refractivity contribution in [1.29, 1.82) is 0 Å². The number of halogens is 2. The summed E-state index contributed by atoms with van der Waals surface area (Å²) < 4.78 is 13.0. The Bertz CT molecular complexity index is 530. The lowest BCUT2D eigenvalue weighted by Gasteiger charge is -2.10. The minimum Gasteiger partial charge on any atom is -0.392 e. The lowest BCUT2D eigenvalue weighted by molar-refractivity contribution is 0.200. The molecule has 0 heterocycles. The van der Waals surface area contributed by atoms with Crippen LogP contribution in [0.5, 0.6) is 0 Å². The molecule has 19 heavy (non-hydrogen) atoms. The molecule has 0 radical (unpaired) electrons. The molecule has 0 spiro atoms. The second-order valence-electron chi connectivity index (χ2n) is 4.25. The smallest absolute Gasteiger partial charge is 0.124 e. The van der Waals surface area contributed by atoms with Crippen LogP contribution in [-0.4, -0.2) is 17.0 Å². The van der Waals surface area contributed by atoms with E-state index in [0.29, 0.717) is 17.2 Å². The lowest BCUT2D eigenvalue weighted by atomic mass is 10.1. The first-order chi connectivity index (χ1) is 9.13. The van der Waals surface area contributed by atoms with Crippen molar-refractivity contribution >= 4 is 23.4 Å². The van der Waals surface area contributed by atoms with Gasteiger partial charge in [-0.15, -0.1) is 11.8 Å². The van der Waals surface area contributed by atoms with Crippen molar-refractivity contribution in [3.8, 4) is 0 Å². The summed E-state index contributed by atoms with van der Waals surface area (Å²) in [5, 5.41) is 10.6. The number of benzene rings is 2. The van der Waals surface area contributed by atoms with Crippen molar-refractivity contribution in [1.82, 2.24) is 0 Å². The average Bonchev–Trinajstić information content (AvgIpc) is 2.39. The van der Waals surface area contributed by atoms with E-state index in [1.54, 1.807) is 6.07 Å². The summed E-state index contributed by atoms with van der Waals surface area (Å²) in [6.07, 6.45) is 0.105. The number of aliphatic hydroxyl groups is 1. The van der Waals surface area contributed by atoms with Gasteiger partial charge in [0.2, 0.25) is 0 Å². The van der Waals surface area contributed by atoms with Gasteiger partial charge in [0.05, 0.1) is 6.10 Å². The molecule has 2 aromatic carbocycles. The van der Waals surface area contributed by atoms with E-state index in [1.807, 2.05) is 30.3 Å². The summed E-state index contributed by atoms with van der Waals surface area (Å²) in [6, 6.07) is 13.8. The topological polar surface area (TPSA) is 20.2 Å². The Morgan fingerprint density at radius 3 is 2.58 bits per heavy atom. The van der Waals surface area contributed by atoms with Crippen LogP contribution in [0.25, 0.3) is 0 Å². The van der Waals surface area contributed by atoms with Gasteiger partial charge in [0.1, 0.15) is 5.82 Å². The Hall–Kier alpha value is -1.03. The van der Waals surface area contributed by atoms with E-state index in [0.717, 1.165) is 10.5 Å². The van der Waals surface area contributed by atoms with Crippen molar-refractivity contribution in [3.05, 3.63) is 64.9 Å². The third kappa shape index (κ3) is 4.86. The van der Waals surface area contributed by atoms with Gasteiger partial charge < -0.3 is 5.11 Å². The highest BCUT2D eigenvalue weighted by Gasteiger charge is 2.07. The van der Waals surface area contributed by atoms with Gasteiger partial charge in [0.15, 0.2) is 0 Å². The normalized spacial score (nSPS) is 12.4. The van der Waals surface area contributed by atoms with Crippen molar-refractivity contribution in [2.24, 2.45) is 0 Å². The first-order valence-corrected chi connectivity index (χ1v) is 7.31. The highest BCUT2D eigenvalue weighted by atomic mass is 35.5.